The quantitative estimate of drug-likeness (QED) is 0.777. The van der Waals surface area contributed by atoms with Crippen molar-refractivity contribution < 1.29 is 23.5 Å². The van der Waals surface area contributed by atoms with Gasteiger partial charge in [0.05, 0.1) is 31.4 Å². The van der Waals surface area contributed by atoms with E-state index < -0.39 is 5.97 Å². The van der Waals surface area contributed by atoms with Gasteiger partial charge in [-0.2, -0.15) is 0 Å². The molecule has 8 heteroatoms. The van der Waals surface area contributed by atoms with E-state index in [0.29, 0.717) is 42.1 Å². The number of hydrogen-bond acceptors (Lipinski definition) is 5. The first-order chi connectivity index (χ1) is 13.8. The average molecular weight is 401 g/mol. The van der Waals surface area contributed by atoms with E-state index in [9.17, 15) is 14.4 Å². The SMILES string of the molecule is COC(=O)c1c(C)[nH]c(C(=O)N2CCC[C@@H](C(=O)N(C)Cc3ccco3)C2)c1C. The van der Waals surface area contributed by atoms with Crippen LogP contribution >= 0.6 is 0 Å². The Morgan fingerprint density at radius 2 is 2.10 bits per heavy atom. The number of carbonyl (C=O) groups is 3. The predicted molar refractivity (Wildman–Crippen MR) is 105 cm³/mol. The highest BCUT2D eigenvalue weighted by Gasteiger charge is 2.33. The highest BCUT2D eigenvalue weighted by atomic mass is 16.5. The maximum absolute atomic E-state index is 13.1. The Kier molecular flexibility index (Phi) is 6.10. The maximum Gasteiger partial charge on any atom is 0.339 e. The van der Waals surface area contributed by atoms with Crippen molar-refractivity contribution in [1.82, 2.24) is 14.8 Å². The van der Waals surface area contributed by atoms with E-state index in [-0.39, 0.29) is 17.7 Å². The van der Waals surface area contributed by atoms with Crippen LogP contribution in [0.2, 0.25) is 0 Å². The fourth-order valence-corrected chi connectivity index (χ4v) is 3.92. The second kappa shape index (κ2) is 8.55. The molecule has 29 heavy (non-hydrogen) atoms. The Morgan fingerprint density at radius 3 is 2.76 bits per heavy atom. The molecule has 1 fully saturated rings. The van der Waals surface area contributed by atoms with Gasteiger partial charge in [0, 0.05) is 25.8 Å². The highest BCUT2D eigenvalue weighted by molar-refractivity contribution is 6.00. The number of esters is 1. The number of carbonyl (C=O) groups excluding carboxylic acids is 3. The summed E-state index contributed by atoms with van der Waals surface area (Å²) in [6.07, 6.45) is 3.07. The van der Waals surface area contributed by atoms with Crippen molar-refractivity contribution in [3.8, 4) is 0 Å². The van der Waals surface area contributed by atoms with E-state index in [0.717, 1.165) is 18.6 Å². The Morgan fingerprint density at radius 1 is 1.34 bits per heavy atom. The van der Waals surface area contributed by atoms with Crippen LogP contribution in [0.25, 0.3) is 0 Å². The molecular formula is C21H27N3O5. The summed E-state index contributed by atoms with van der Waals surface area (Å²) >= 11 is 0. The summed E-state index contributed by atoms with van der Waals surface area (Å²) in [6, 6.07) is 3.62. The van der Waals surface area contributed by atoms with Gasteiger partial charge >= 0.3 is 5.97 Å². The molecule has 2 amide bonds. The lowest BCUT2D eigenvalue weighted by atomic mass is 9.96. The molecule has 2 aromatic rings. The largest absolute Gasteiger partial charge is 0.467 e. The number of furan rings is 1. The smallest absolute Gasteiger partial charge is 0.339 e. The second-order valence-electron chi connectivity index (χ2n) is 7.48. The van der Waals surface area contributed by atoms with Crippen LogP contribution in [0.15, 0.2) is 22.8 Å². The van der Waals surface area contributed by atoms with Gasteiger partial charge in [0.1, 0.15) is 11.5 Å². The van der Waals surface area contributed by atoms with Crippen LogP contribution in [0, 0.1) is 19.8 Å². The van der Waals surface area contributed by atoms with Crippen LogP contribution < -0.4 is 0 Å². The fourth-order valence-electron chi connectivity index (χ4n) is 3.92. The standard InChI is InChI=1S/C21H27N3O5/c1-13-17(21(27)28-4)14(2)22-18(13)20(26)24-9-5-7-15(11-24)19(25)23(3)12-16-8-6-10-29-16/h6,8,10,15,22H,5,7,9,11-12H2,1-4H3/t15-/m1/s1. The third kappa shape index (κ3) is 4.21. The van der Waals surface area contributed by atoms with Gasteiger partial charge in [-0.3, -0.25) is 9.59 Å². The molecule has 3 rings (SSSR count). The van der Waals surface area contributed by atoms with Gasteiger partial charge in [0.15, 0.2) is 0 Å². The number of methoxy groups -OCH3 is 1. The lowest BCUT2D eigenvalue weighted by Gasteiger charge is -2.33. The number of aromatic nitrogens is 1. The van der Waals surface area contributed by atoms with Crippen molar-refractivity contribution >= 4 is 17.8 Å². The zero-order chi connectivity index (χ0) is 21.1. The van der Waals surface area contributed by atoms with Gasteiger partial charge in [-0.15, -0.1) is 0 Å². The van der Waals surface area contributed by atoms with E-state index in [1.165, 1.54) is 7.11 Å². The normalized spacial score (nSPS) is 16.6. The van der Waals surface area contributed by atoms with Gasteiger partial charge in [0.2, 0.25) is 5.91 Å². The average Bonchev–Trinajstić information content (AvgIpc) is 3.33. The number of ether oxygens (including phenoxy) is 1. The molecule has 0 spiro atoms. The number of nitrogens with one attached hydrogen (secondary N) is 1. The topological polar surface area (TPSA) is 95.8 Å². The first-order valence-corrected chi connectivity index (χ1v) is 9.67. The first-order valence-electron chi connectivity index (χ1n) is 9.67. The summed E-state index contributed by atoms with van der Waals surface area (Å²) in [6.45, 7) is 4.80. The third-order valence-corrected chi connectivity index (χ3v) is 5.45. The van der Waals surface area contributed by atoms with Crippen LogP contribution in [0.3, 0.4) is 0 Å². The molecule has 0 unspecified atom stereocenters. The zero-order valence-electron chi connectivity index (χ0n) is 17.3. The third-order valence-electron chi connectivity index (χ3n) is 5.45. The number of amides is 2. The van der Waals surface area contributed by atoms with Crippen LogP contribution in [-0.4, -0.2) is 59.8 Å². The molecule has 0 saturated carbocycles. The molecule has 0 aliphatic carbocycles. The molecular weight excluding hydrogens is 374 g/mol. The number of rotatable bonds is 5. The van der Waals surface area contributed by atoms with Crippen LogP contribution in [0.4, 0.5) is 0 Å². The Hall–Kier alpha value is -3.03. The Bertz CT molecular complexity index is 900. The summed E-state index contributed by atoms with van der Waals surface area (Å²) < 4.78 is 10.1. The fraction of sp³-hybridized carbons (Fsp3) is 0.476. The molecule has 156 valence electrons. The van der Waals surface area contributed by atoms with E-state index in [1.807, 2.05) is 6.07 Å². The minimum Gasteiger partial charge on any atom is -0.467 e. The highest BCUT2D eigenvalue weighted by Crippen LogP contribution is 2.24. The van der Waals surface area contributed by atoms with Crippen molar-refractivity contribution in [2.75, 3.05) is 27.2 Å². The van der Waals surface area contributed by atoms with Gasteiger partial charge in [0.25, 0.3) is 5.91 Å². The van der Waals surface area contributed by atoms with Crippen molar-refractivity contribution in [1.29, 1.82) is 0 Å². The molecule has 1 aliphatic heterocycles. The van der Waals surface area contributed by atoms with Crippen LogP contribution in [0.1, 0.15) is 50.7 Å². The monoisotopic (exact) mass is 401 g/mol. The lowest BCUT2D eigenvalue weighted by molar-refractivity contribution is -0.136. The van der Waals surface area contributed by atoms with Crippen molar-refractivity contribution in [3.63, 3.8) is 0 Å². The van der Waals surface area contributed by atoms with Gasteiger partial charge < -0.3 is 23.9 Å². The van der Waals surface area contributed by atoms with Crippen molar-refractivity contribution in [2.45, 2.75) is 33.2 Å². The molecule has 0 radical (unpaired) electrons. The number of hydrogen-bond donors (Lipinski definition) is 1. The second-order valence-corrected chi connectivity index (χ2v) is 7.48. The number of nitrogens with zero attached hydrogens (tertiary/aromatic N) is 2. The number of piperidine rings is 1. The lowest BCUT2D eigenvalue weighted by Crippen LogP contribution is -2.46. The molecule has 8 nitrogen and oxygen atoms in total. The molecule has 1 saturated heterocycles. The van der Waals surface area contributed by atoms with E-state index in [2.05, 4.69) is 4.98 Å². The minimum absolute atomic E-state index is 0.00598. The Labute approximate surface area is 169 Å². The molecule has 3 heterocycles. The van der Waals surface area contributed by atoms with Gasteiger partial charge in [-0.25, -0.2) is 4.79 Å². The van der Waals surface area contributed by atoms with E-state index in [4.69, 9.17) is 9.15 Å². The first kappa shape index (κ1) is 20.7. The summed E-state index contributed by atoms with van der Waals surface area (Å²) in [5, 5.41) is 0. The number of likely N-dealkylation sites (tertiary alicyclic amines) is 1. The molecule has 0 bridgehead atoms. The van der Waals surface area contributed by atoms with Crippen LogP contribution in [-0.2, 0) is 16.1 Å². The zero-order valence-corrected chi connectivity index (χ0v) is 17.3. The van der Waals surface area contributed by atoms with E-state index in [1.54, 1.807) is 43.0 Å². The number of aryl methyl sites for hydroxylation is 1. The maximum atomic E-state index is 13.1. The van der Waals surface area contributed by atoms with Crippen molar-refractivity contribution in [3.05, 3.63) is 46.7 Å². The molecule has 1 atom stereocenters. The summed E-state index contributed by atoms with van der Waals surface area (Å²) in [7, 11) is 3.06. The molecule has 1 N–H and O–H groups in total. The van der Waals surface area contributed by atoms with E-state index >= 15 is 0 Å². The Balaban J connectivity index is 1.71. The number of aromatic amines is 1. The molecule has 0 aromatic carbocycles. The molecule has 2 aromatic heterocycles. The van der Waals surface area contributed by atoms with Crippen molar-refractivity contribution in [2.24, 2.45) is 5.92 Å². The van der Waals surface area contributed by atoms with Gasteiger partial charge in [-0.1, -0.05) is 0 Å². The summed E-state index contributed by atoms with van der Waals surface area (Å²) in [5.41, 5.74) is 1.93. The minimum atomic E-state index is -0.471. The predicted octanol–water partition coefficient (Wildman–Crippen LogP) is 2.52. The van der Waals surface area contributed by atoms with Crippen LogP contribution in [0.5, 0.6) is 0 Å². The summed E-state index contributed by atoms with van der Waals surface area (Å²) in [5.74, 6) is -0.219. The molecule has 1 aliphatic rings. The van der Waals surface area contributed by atoms with Gasteiger partial charge in [-0.05, 0) is 44.4 Å². The number of H-pyrrole nitrogens is 1. The summed E-state index contributed by atoms with van der Waals surface area (Å²) in [4.78, 5) is 44.3.